The second-order valence-electron chi connectivity index (χ2n) is 10.7. The number of ether oxygens (including phenoxy) is 1. The van der Waals surface area contributed by atoms with Crippen LogP contribution in [-0.4, -0.2) is 38.1 Å². The summed E-state index contributed by atoms with van der Waals surface area (Å²) in [6.07, 6.45) is 2.65. The average molecular weight is 606 g/mol. The summed E-state index contributed by atoms with van der Waals surface area (Å²) >= 11 is 1.70. The van der Waals surface area contributed by atoms with Crippen molar-refractivity contribution in [2.75, 3.05) is 23.7 Å². The van der Waals surface area contributed by atoms with E-state index in [9.17, 15) is 21.6 Å². The third-order valence-corrected chi connectivity index (χ3v) is 8.83. The van der Waals surface area contributed by atoms with Crippen molar-refractivity contribution in [3.8, 4) is 16.9 Å². The highest BCUT2D eigenvalue weighted by Gasteiger charge is 2.51. The number of nitrogens with zero attached hydrogens (tertiary/aromatic N) is 1. The van der Waals surface area contributed by atoms with Gasteiger partial charge in [0.15, 0.2) is 0 Å². The highest BCUT2D eigenvalue weighted by Crippen LogP contribution is 2.45. The molecule has 3 aromatic carbocycles. The van der Waals surface area contributed by atoms with E-state index in [4.69, 9.17) is 9.02 Å². The van der Waals surface area contributed by atoms with E-state index in [0.29, 0.717) is 17.1 Å². The van der Waals surface area contributed by atoms with E-state index in [0.717, 1.165) is 39.5 Å². The molecule has 220 valence electrons. The number of halogens is 3. The fraction of sp³-hybridized carbons (Fsp3) is 0.355. The normalized spacial score (nSPS) is 15.0. The zero-order chi connectivity index (χ0) is 30.0. The number of anilines is 1. The fourth-order valence-corrected chi connectivity index (χ4v) is 6.27. The topological polar surface area (TPSA) is 55.8 Å². The van der Waals surface area contributed by atoms with Gasteiger partial charge in [-0.05, 0) is 78.5 Å². The van der Waals surface area contributed by atoms with E-state index < -0.39 is 21.2 Å². The molecular formula is C31H34F3NO4S2. The van der Waals surface area contributed by atoms with Crippen LogP contribution in [-0.2, 0) is 20.8 Å². The Kier molecular flexibility index (Phi) is 9.16. The van der Waals surface area contributed by atoms with Gasteiger partial charge >= 0.3 is 15.6 Å². The van der Waals surface area contributed by atoms with Crippen LogP contribution in [0.4, 0.5) is 18.9 Å². The van der Waals surface area contributed by atoms with Gasteiger partial charge in [0.1, 0.15) is 5.75 Å². The van der Waals surface area contributed by atoms with Crippen molar-refractivity contribution in [2.24, 2.45) is 0 Å². The molecule has 1 aliphatic heterocycles. The van der Waals surface area contributed by atoms with Crippen LogP contribution in [0, 0.1) is 0 Å². The minimum Gasteiger partial charge on any atom is -0.496 e. The molecule has 4 rings (SSSR count). The Morgan fingerprint density at radius 3 is 2.32 bits per heavy atom. The number of hydrogen-bond acceptors (Lipinski definition) is 6. The zero-order valence-electron chi connectivity index (χ0n) is 23.7. The molecular weight excluding hydrogens is 571 g/mol. The molecule has 41 heavy (non-hydrogen) atoms. The Bertz CT molecular complexity index is 1520. The molecule has 0 spiro atoms. The number of aryl methyl sites for hydroxylation is 1. The molecule has 0 unspecified atom stereocenters. The lowest BCUT2D eigenvalue weighted by Crippen LogP contribution is -2.48. The number of rotatable bonds is 10. The van der Waals surface area contributed by atoms with Crippen LogP contribution >= 0.6 is 11.8 Å². The summed E-state index contributed by atoms with van der Waals surface area (Å²) in [5.41, 5.74) is -1.08. The number of benzene rings is 3. The number of hydroxylamine groups is 1. The predicted molar refractivity (Wildman–Crippen MR) is 161 cm³/mol. The Morgan fingerprint density at radius 1 is 0.976 bits per heavy atom. The van der Waals surface area contributed by atoms with Gasteiger partial charge in [0.2, 0.25) is 0 Å². The van der Waals surface area contributed by atoms with Gasteiger partial charge in [-0.3, -0.25) is 0 Å². The maximum Gasteiger partial charge on any atom is 0.525 e. The van der Waals surface area contributed by atoms with Crippen molar-refractivity contribution in [3.63, 3.8) is 0 Å². The SMILES string of the molecule is COc1ccc(C(C)C)cc1-c1ccc2c(c1)C(CSCCc1ccccc1)=CC(C)(C)N2OS(=O)(=O)C(F)(F)F. The summed E-state index contributed by atoms with van der Waals surface area (Å²) in [7, 11) is -4.31. The number of methoxy groups -OCH3 is 1. The van der Waals surface area contributed by atoms with Crippen molar-refractivity contribution in [2.45, 2.75) is 51.1 Å². The van der Waals surface area contributed by atoms with E-state index in [1.54, 1.807) is 50.9 Å². The lowest BCUT2D eigenvalue weighted by atomic mass is 9.88. The first-order chi connectivity index (χ1) is 19.2. The molecule has 0 fully saturated rings. The molecule has 0 N–H and O–H groups in total. The molecule has 0 bridgehead atoms. The molecule has 10 heteroatoms. The van der Waals surface area contributed by atoms with E-state index in [1.165, 1.54) is 5.56 Å². The molecule has 0 saturated carbocycles. The predicted octanol–water partition coefficient (Wildman–Crippen LogP) is 8.22. The van der Waals surface area contributed by atoms with Crippen LogP contribution in [0.1, 0.15) is 50.3 Å². The smallest absolute Gasteiger partial charge is 0.496 e. The molecule has 5 nitrogen and oxygen atoms in total. The quantitative estimate of drug-likeness (QED) is 0.171. The molecule has 1 heterocycles. The van der Waals surface area contributed by atoms with E-state index in [2.05, 4.69) is 26.0 Å². The van der Waals surface area contributed by atoms with Gasteiger partial charge in [-0.1, -0.05) is 62.4 Å². The van der Waals surface area contributed by atoms with Crippen LogP contribution in [0.15, 0.2) is 72.8 Å². The van der Waals surface area contributed by atoms with Gasteiger partial charge in [-0.15, -0.1) is 4.28 Å². The first kappa shape index (κ1) is 31.0. The zero-order valence-corrected chi connectivity index (χ0v) is 25.3. The third kappa shape index (κ3) is 6.93. The average Bonchev–Trinajstić information content (AvgIpc) is 2.92. The maximum atomic E-state index is 13.3. The monoisotopic (exact) mass is 605 g/mol. The van der Waals surface area contributed by atoms with Crippen LogP contribution in [0.2, 0.25) is 0 Å². The summed E-state index contributed by atoms with van der Waals surface area (Å²) in [6, 6.07) is 21.3. The summed E-state index contributed by atoms with van der Waals surface area (Å²) in [6.45, 7) is 7.42. The van der Waals surface area contributed by atoms with Crippen molar-refractivity contribution < 1.29 is 30.6 Å². The maximum absolute atomic E-state index is 13.3. The van der Waals surface area contributed by atoms with E-state index in [1.807, 2.05) is 42.5 Å². The van der Waals surface area contributed by atoms with Crippen molar-refractivity contribution in [3.05, 3.63) is 89.5 Å². The lowest BCUT2D eigenvalue weighted by molar-refractivity contribution is -0.0561. The summed E-state index contributed by atoms with van der Waals surface area (Å²) in [5.74, 6) is 2.34. The Hall–Kier alpha value is -2.95. The first-order valence-corrected chi connectivity index (χ1v) is 15.8. The van der Waals surface area contributed by atoms with E-state index >= 15 is 0 Å². The van der Waals surface area contributed by atoms with Crippen LogP contribution < -0.4 is 9.80 Å². The Morgan fingerprint density at radius 2 is 1.68 bits per heavy atom. The van der Waals surface area contributed by atoms with Crippen LogP contribution in [0.25, 0.3) is 16.7 Å². The van der Waals surface area contributed by atoms with Crippen molar-refractivity contribution in [1.82, 2.24) is 0 Å². The fourth-order valence-electron chi connectivity index (χ4n) is 4.73. The second-order valence-corrected chi connectivity index (χ2v) is 13.4. The molecule has 0 aromatic heterocycles. The number of thioether (sulfide) groups is 1. The van der Waals surface area contributed by atoms with Crippen LogP contribution in [0.5, 0.6) is 5.75 Å². The number of hydrogen-bond donors (Lipinski definition) is 0. The van der Waals surface area contributed by atoms with Gasteiger partial charge in [0, 0.05) is 16.9 Å². The minimum absolute atomic E-state index is 0.242. The highest BCUT2D eigenvalue weighted by molar-refractivity contribution is 7.99. The standard InChI is InChI=1S/C31H34F3NO4S2/c1-21(2)23-12-14-29(38-5)27(17-23)24-11-13-28-26(18-24)25(20-40-16-15-22-9-7-6-8-10-22)19-30(3,4)35(28)39-41(36,37)31(32,33)34/h6-14,17-19,21H,15-16,20H2,1-5H3. The summed E-state index contributed by atoms with van der Waals surface area (Å²) in [4.78, 5) is 0. The van der Waals surface area contributed by atoms with Gasteiger partial charge < -0.3 is 4.74 Å². The summed E-state index contributed by atoms with van der Waals surface area (Å²) < 4.78 is 74.6. The van der Waals surface area contributed by atoms with Gasteiger partial charge in [-0.2, -0.15) is 33.4 Å². The minimum atomic E-state index is -5.90. The largest absolute Gasteiger partial charge is 0.525 e. The van der Waals surface area contributed by atoms with Gasteiger partial charge in [0.05, 0.1) is 18.3 Å². The second kappa shape index (κ2) is 12.1. The lowest BCUT2D eigenvalue weighted by Gasteiger charge is -2.41. The molecule has 0 radical (unpaired) electrons. The van der Waals surface area contributed by atoms with Crippen LogP contribution in [0.3, 0.4) is 0 Å². The Labute approximate surface area is 244 Å². The summed E-state index contributed by atoms with van der Waals surface area (Å²) in [5, 5.41) is 0.842. The molecule has 0 aliphatic carbocycles. The molecule has 3 aromatic rings. The molecule has 0 amide bonds. The van der Waals surface area contributed by atoms with Gasteiger partial charge in [0.25, 0.3) is 0 Å². The third-order valence-electron chi connectivity index (χ3n) is 6.91. The number of fused-ring (bicyclic) bond motifs is 1. The van der Waals surface area contributed by atoms with Crippen molar-refractivity contribution in [1.29, 1.82) is 0 Å². The molecule has 0 saturated heterocycles. The van der Waals surface area contributed by atoms with Crippen molar-refractivity contribution >= 4 is 33.1 Å². The molecule has 1 aliphatic rings. The van der Waals surface area contributed by atoms with Gasteiger partial charge in [-0.25, -0.2) is 5.06 Å². The van der Waals surface area contributed by atoms with E-state index in [-0.39, 0.29) is 11.6 Å². The first-order valence-electron chi connectivity index (χ1n) is 13.2. The number of alkyl halides is 3. The Balaban J connectivity index is 1.76. The molecule has 0 atom stereocenters. The highest BCUT2D eigenvalue weighted by atomic mass is 32.2.